The van der Waals surface area contributed by atoms with Gasteiger partial charge in [-0.1, -0.05) is 29.4 Å². The van der Waals surface area contributed by atoms with Crippen LogP contribution in [0.1, 0.15) is 31.2 Å². The molecule has 0 amide bonds. The molecule has 8 nitrogen and oxygen atoms in total. The third-order valence-corrected chi connectivity index (χ3v) is 5.25. The van der Waals surface area contributed by atoms with Crippen molar-refractivity contribution in [2.24, 2.45) is 0 Å². The van der Waals surface area contributed by atoms with Crippen LogP contribution in [0.25, 0.3) is 23.0 Å². The van der Waals surface area contributed by atoms with Gasteiger partial charge in [0.2, 0.25) is 5.82 Å². The summed E-state index contributed by atoms with van der Waals surface area (Å²) in [6, 6.07) is 17.6. The van der Waals surface area contributed by atoms with Gasteiger partial charge in [-0.05, 0) is 49.7 Å². The molecule has 0 unspecified atom stereocenters. The maximum absolute atomic E-state index is 6.07. The van der Waals surface area contributed by atoms with Gasteiger partial charge in [-0.25, -0.2) is 0 Å². The monoisotopic (exact) mass is 432 g/mol. The molecule has 2 aromatic heterocycles. The molecule has 0 fully saturated rings. The first-order valence-electron chi connectivity index (χ1n) is 10.7. The lowest BCUT2D eigenvalue weighted by atomic mass is 10.1. The topological polar surface area (TPSA) is 84.4 Å². The summed E-state index contributed by atoms with van der Waals surface area (Å²) in [6.45, 7) is 6.24. The minimum atomic E-state index is -0.0783. The summed E-state index contributed by atoms with van der Waals surface area (Å²) in [5, 5.41) is 8.81. The van der Waals surface area contributed by atoms with E-state index in [1.807, 2.05) is 73.1 Å². The molecule has 2 aromatic carbocycles. The van der Waals surface area contributed by atoms with Crippen LogP contribution >= 0.6 is 0 Å². The number of ether oxygens (including phenoxy) is 3. The zero-order valence-corrected chi connectivity index (χ0v) is 18.0. The summed E-state index contributed by atoms with van der Waals surface area (Å²) >= 11 is 0. The molecule has 3 heterocycles. The molecule has 1 aliphatic heterocycles. The number of hydrogen-bond donors (Lipinski definition) is 0. The first kappa shape index (κ1) is 20.3. The van der Waals surface area contributed by atoms with Crippen LogP contribution in [0.15, 0.2) is 59.1 Å². The van der Waals surface area contributed by atoms with Gasteiger partial charge >= 0.3 is 0 Å². The van der Waals surface area contributed by atoms with E-state index in [-0.39, 0.29) is 6.10 Å². The normalized spacial score (nSPS) is 15.4. The highest BCUT2D eigenvalue weighted by Crippen LogP contribution is 2.30. The lowest BCUT2D eigenvalue weighted by Gasteiger charge is -2.24. The zero-order chi connectivity index (χ0) is 21.9. The molecular weight excluding hydrogens is 408 g/mol. The van der Waals surface area contributed by atoms with Crippen molar-refractivity contribution in [2.45, 2.75) is 33.1 Å². The van der Waals surface area contributed by atoms with Crippen molar-refractivity contribution in [2.75, 3.05) is 13.2 Å². The zero-order valence-electron chi connectivity index (χ0n) is 18.0. The average molecular weight is 432 g/mol. The molecule has 0 aliphatic carbocycles. The molecule has 0 saturated heterocycles. The molecule has 4 aromatic rings. The molecule has 0 bridgehead atoms. The Morgan fingerprint density at radius 3 is 2.62 bits per heavy atom. The minimum Gasteiger partial charge on any atom is -0.494 e. The van der Waals surface area contributed by atoms with E-state index in [0.29, 0.717) is 43.8 Å². The van der Waals surface area contributed by atoms with E-state index in [1.54, 1.807) is 0 Å². The van der Waals surface area contributed by atoms with Gasteiger partial charge in [0.15, 0.2) is 5.69 Å². The second kappa shape index (κ2) is 8.84. The van der Waals surface area contributed by atoms with Gasteiger partial charge in [-0.2, -0.15) is 10.1 Å². The van der Waals surface area contributed by atoms with Gasteiger partial charge in [-0.3, -0.25) is 4.68 Å². The van der Waals surface area contributed by atoms with Crippen LogP contribution in [0.3, 0.4) is 0 Å². The Kier molecular flexibility index (Phi) is 5.60. The van der Waals surface area contributed by atoms with Crippen molar-refractivity contribution in [1.82, 2.24) is 19.9 Å². The average Bonchev–Trinajstić information content (AvgIpc) is 3.47. The molecule has 0 radical (unpaired) electrons. The first-order valence-corrected chi connectivity index (χ1v) is 10.7. The highest BCUT2D eigenvalue weighted by Gasteiger charge is 2.24. The standard InChI is InChI=1S/C24H24N4O4/c1-3-29-19-10-8-16(9-11-19)22-14-28-18(15-31-22)13-21(26-28)24-25-23(27-32-24)17-6-5-7-20(12-17)30-4-2/h5-13,22H,3-4,14-15H2,1-2H3/t22-/m0/s1. The Balaban J connectivity index is 1.33. The van der Waals surface area contributed by atoms with Crippen LogP contribution in [0.2, 0.25) is 0 Å². The molecular formula is C24H24N4O4. The summed E-state index contributed by atoms with van der Waals surface area (Å²) in [5.74, 6) is 2.50. The fourth-order valence-electron chi connectivity index (χ4n) is 3.71. The lowest BCUT2D eigenvalue weighted by molar-refractivity contribution is -0.00115. The van der Waals surface area contributed by atoms with Crippen molar-refractivity contribution in [1.29, 1.82) is 0 Å². The molecule has 0 spiro atoms. The number of fused-ring (bicyclic) bond motifs is 1. The van der Waals surface area contributed by atoms with E-state index in [2.05, 4.69) is 15.2 Å². The third-order valence-electron chi connectivity index (χ3n) is 5.25. The van der Waals surface area contributed by atoms with E-state index < -0.39 is 0 Å². The van der Waals surface area contributed by atoms with Gasteiger partial charge in [0.1, 0.15) is 17.6 Å². The van der Waals surface area contributed by atoms with Gasteiger partial charge in [-0.15, -0.1) is 0 Å². The molecule has 32 heavy (non-hydrogen) atoms. The van der Waals surface area contributed by atoms with Crippen molar-refractivity contribution < 1.29 is 18.7 Å². The molecule has 1 aliphatic rings. The Hall–Kier alpha value is -3.65. The lowest BCUT2D eigenvalue weighted by Crippen LogP contribution is -2.21. The Bertz CT molecular complexity index is 1200. The number of benzene rings is 2. The fraction of sp³-hybridized carbons (Fsp3) is 0.292. The third kappa shape index (κ3) is 4.09. The van der Waals surface area contributed by atoms with Gasteiger partial charge < -0.3 is 18.7 Å². The molecule has 0 saturated carbocycles. The van der Waals surface area contributed by atoms with Gasteiger partial charge in [0.25, 0.3) is 5.89 Å². The van der Waals surface area contributed by atoms with E-state index in [0.717, 1.165) is 28.3 Å². The maximum Gasteiger partial charge on any atom is 0.278 e. The largest absolute Gasteiger partial charge is 0.494 e. The smallest absolute Gasteiger partial charge is 0.278 e. The highest BCUT2D eigenvalue weighted by atomic mass is 16.5. The van der Waals surface area contributed by atoms with E-state index in [1.165, 1.54) is 0 Å². The summed E-state index contributed by atoms with van der Waals surface area (Å²) in [4.78, 5) is 4.54. The van der Waals surface area contributed by atoms with Crippen LogP contribution < -0.4 is 9.47 Å². The molecule has 1 atom stereocenters. The number of nitrogens with zero attached hydrogens (tertiary/aromatic N) is 4. The fourth-order valence-corrected chi connectivity index (χ4v) is 3.71. The Morgan fingerprint density at radius 1 is 1.00 bits per heavy atom. The number of aromatic nitrogens is 4. The summed E-state index contributed by atoms with van der Waals surface area (Å²) in [7, 11) is 0. The Morgan fingerprint density at radius 2 is 1.81 bits per heavy atom. The minimum absolute atomic E-state index is 0.0783. The van der Waals surface area contributed by atoms with Crippen LogP contribution in [0, 0.1) is 0 Å². The molecule has 164 valence electrons. The van der Waals surface area contributed by atoms with Crippen molar-refractivity contribution in [3.8, 4) is 34.5 Å². The summed E-state index contributed by atoms with van der Waals surface area (Å²) in [5.41, 5.74) is 3.52. The summed E-state index contributed by atoms with van der Waals surface area (Å²) < 4.78 is 24.6. The predicted octanol–water partition coefficient (Wildman–Crippen LogP) is 4.67. The SMILES string of the molecule is CCOc1ccc([C@@H]2Cn3nc(-c4nc(-c5cccc(OCC)c5)no4)cc3CO2)cc1. The molecule has 0 N–H and O–H groups in total. The van der Waals surface area contributed by atoms with Gasteiger partial charge in [0.05, 0.1) is 32.1 Å². The highest BCUT2D eigenvalue weighted by molar-refractivity contribution is 5.59. The van der Waals surface area contributed by atoms with Crippen LogP contribution in [0.4, 0.5) is 0 Å². The van der Waals surface area contributed by atoms with E-state index >= 15 is 0 Å². The van der Waals surface area contributed by atoms with Crippen LogP contribution in [-0.2, 0) is 17.9 Å². The van der Waals surface area contributed by atoms with Gasteiger partial charge in [0, 0.05) is 5.56 Å². The maximum atomic E-state index is 6.07. The first-order chi connectivity index (χ1) is 15.7. The van der Waals surface area contributed by atoms with E-state index in [4.69, 9.17) is 18.7 Å². The van der Waals surface area contributed by atoms with Crippen molar-refractivity contribution >= 4 is 0 Å². The summed E-state index contributed by atoms with van der Waals surface area (Å²) in [6.07, 6.45) is -0.0783. The predicted molar refractivity (Wildman–Crippen MR) is 117 cm³/mol. The second-order valence-electron chi connectivity index (χ2n) is 7.39. The number of hydrogen-bond acceptors (Lipinski definition) is 7. The van der Waals surface area contributed by atoms with Crippen molar-refractivity contribution in [3.05, 3.63) is 65.9 Å². The van der Waals surface area contributed by atoms with Crippen molar-refractivity contribution in [3.63, 3.8) is 0 Å². The second-order valence-corrected chi connectivity index (χ2v) is 7.39. The molecule has 8 heteroatoms. The molecule has 5 rings (SSSR count). The van der Waals surface area contributed by atoms with Crippen LogP contribution in [-0.4, -0.2) is 33.1 Å². The quantitative estimate of drug-likeness (QED) is 0.420. The van der Waals surface area contributed by atoms with E-state index in [9.17, 15) is 0 Å². The Labute approximate surface area is 185 Å². The van der Waals surface area contributed by atoms with Crippen LogP contribution in [0.5, 0.6) is 11.5 Å². The number of rotatable bonds is 7.